The molecule has 0 bridgehead atoms. The summed E-state index contributed by atoms with van der Waals surface area (Å²) in [7, 11) is 0. The Hall–Kier alpha value is -3.47. The van der Waals surface area contributed by atoms with Crippen molar-refractivity contribution in [2.24, 2.45) is 5.41 Å². The van der Waals surface area contributed by atoms with Gasteiger partial charge in [0.1, 0.15) is 0 Å². The fraction of sp³-hybridized carbons (Fsp3) is 0.440. The van der Waals surface area contributed by atoms with Gasteiger partial charge in [-0.1, -0.05) is 12.1 Å². The lowest BCUT2D eigenvalue weighted by Gasteiger charge is -2.39. The van der Waals surface area contributed by atoms with E-state index in [9.17, 15) is 23.2 Å². The summed E-state index contributed by atoms with van der Waals surface area (Å²) < 4.78 is 43.7. The summed E-state index contributed by atoms with van der Waals surface area (Å²) in [5, 5.41) is 21.4. The third-order valence-electron chi connectivity index (χ3n) is 6.69. The first-order chi connectivity index (χ1) is 16.7. The molecule has 3 heterocycles. The van der Waals surface area contributed by atoms with Crippen LogP contribution in [0, 0.1) is 28.1 Å². The molecule has 2 aromatic rings. The van der Waals surface area contributed by atoms with E-state index in [1.54, 1.807) is 12.1 Å². The van der Waals surface area contributed by atoms with Crippen LogP contribution < -0.4 is 5.32 Å². The van der Waals surface area contributed by atoms with Gasteiger partial charge in [-0.05, 0) is 55.6 Å². The van der Waals surface area contributed by atoms with Crippen molar-refractivity contribution in [2.45, 2.75) is 37.5 Å². The number of amides is 1. The normalized spacial score (nSPS) is 21.5. The summed E-state index contributed by atoms with van der Waals surface area (Å²) in [4.78, 5) is 19.4. The van der Waals surface area contributed by atoms with Gasteiger partial charge < -0.3 is 10.1 Å². The van der Waals surface area contributed by atoms with Gasteiger partial charge in [0, 0.05) is 19.3 Å². The number of carbonyl (C=O) groups is 1. The number of ether oxygens (including phenoxy) is 1. The number of aryl methyl sites for hydroxylation is 1. The fourth-order valence-corrected chi connectivity index (χ4v) is 4.46. The van der Waals surface area contributed by atoms with Gasteiger partial charge in [-0.2, -0.15) is 23.7 Å². The van der Waals surface area contributed by atoms with Gasteiger partial charge in [0.2, 0.25) is 5.91 Å². The van der Waals surface area contributed by atoms with Crippen LogP contribution in [0.15, 0.2) is 42.6 Å². The summed E-state index contributed by atoms with van der Waals surface area (Å²) in [6.45, 7) is 1.55. The van der Waals surface area contributed by atoms with Crippen LogP contribution in [0.1, 0.15) is 35.2 Å². The summed E-state index contributed by atoms with van der Waals surface area (Å²) in [5.74, 6) is -0.223. The van der Waals surface area contributed by atoms with E-state index in [1.165, 1.54) is 6.07 Å². The fourth-order valence-electron chi connectivity index (χ4n) is 4.46. The average molecular weight is 483 g/mol. The van der Waals surface area contributed by atoms with Crippen molar-refractivity contribution in [2.75, 3.05) is 26.3 Å². The molecule has 1 aromatic heterocycles. The highest BCUT2D eigenvalue weighted by atomic mass is 19.4. The van der Waals surface area contributed by atoms with Crippen molar-refractivity contribution in [3.8, 4) is 12.1 Å². The maximum atomic E-state index is 13.5. The second kappa shape index (κ2) is 9.65. The molecule has 2 saturated heterocycles. The highest BCUT2D eigenvalue weighted by Crippen LogP contribution is 2.37. The topological polar surface area (TPSA) is 102 Å². The predicted octanol–water partition coefficient (Wildman–Crippen LogP) is 3.21. The van der Waals surface area contributed by atoms with Gasteiger partial charge in [-0.25, -0.2) is 0 Å². The molecule has 1 aromatic carbocycles. The number of rotatable bonds is 7. The van der Waals surface area contributed by atoms with Crippen LogP contribution in [0.5, 0.6) is 0 Å². The lowest BCUT2D eigenvalue weighted by atomic mass is 9.79. The van der Waals surface area contributed by atoms with Gasteiger partial charge in [-0.3, -0.25) is 14.7 Å². The molecule has 1 atom stereocenters. The van der Waals surface area contributed by atoms with E-state index in [0.29, 0.717) is 50.2 Å². The third-order valence-corrected chi connectivity index (χ3v) is 6.69. The molecular weight excluding hydrogens is 459 g/mol. The smallest absolute Gasteiger partial charge is 0.374 e. The Morgan fingerprint density at radius 2 is 1.91 bits per heavy atom. The second-order valence-electron chi connectivity index (χ2n) is 9.23. The molecule has 4 rings (SSSR count). The Balaban J connectivity index is 1.48. The molecule has 182 valence electrons. The number of nitriles is 2. The minimum Gasteiger partial charge on any atom is -0.374 e. The van der Waals surface area contributed by atoms with Gasteiger partial charge in [0.05, 0.1) is 47.6 Å². The van der Waals surface area contributed by atoms with Gasteiger partial charge >= 0.3 is 6.18 Å². The molecule has 1 amide bonds. The van der Waals surface area contributed by atoms with Crippen LogP contribution in [0.4, 0.5) is 13.2 Å². The van der Waals surface area contributed by atoms with E-state index < -0.39 is 22.7 Å². The second-order valence-corrected chi connectivity index (χ2v) is 9.23. The Labute approximate surface area is 201 Å². The number of nitrogens with zero attached hydrogens (tertiary/aromatic N) is 4. The SMILES string of the molecule is N#Cc1ccc(CC[C@@]2(C(=O)NC3(C#N)COC3)CCN(Cc3ccc(C(F)(F)F)cn3)C2)cc1. The number of carbonyl (C=O) groups excluding carboxylic acids is 1. The maximum Gasteiger partial charge on any atom is 0.417 e. The van der Waals surface area contributed by atoms with Gasteiger partial charge in [0.25, 0.3) is 0 Å². The third kappa shape index (κ3) is 5.45. The largest absolute Gasteiger partial charge is 0.417 e. The maximum absolute atomic E-state index is 13.5. The first-order valence-electron chi connectivity index (χ1n) is 11.2. The molecule has 35 heavy (non-hydrogen) atoms. The number of likely N-dealkylation sites (tertiary alicyclic amines) is 1. The van der Waals surface area contributed by atoms with Crippen LogP contribution in [0.2, 0.25) is 0 Å². The summed E-state index contributed by atoms with van der Waals surface area (Å²) >= 11 is 0. The Bertz CT molecular complexity index is 1150. The zero-order chi connectivity index (χ0) is 25.1. The molecule has 2 fully saturated rings. The van der Waals surface area contributed by atoms with Crippen LogP contribution in [0.3, 0.4) is 0 Å². The number of alkyl halides is 3. The van der Waals surface area contributed by atoms with Crippen LogP contribution in [-0.4, -0.2) is 47.6 Å². The Kier molecular flexibility index (Phi) is 6.79. The standard InChI is InChI=1S/C25H24F3N5O2/c26-25(27,28)20-5-6-21(31-12-20)13-33-10-9-23(15-33,22(34)32-24(14-30)16-35-17-24)8-7-18-1-3-19(11-29)4-2-18/h1-6,12H,7-10,13,15-17H2,(H,32,34)/t23-/m1/s1. The number of benzene rings is 1. The lowest BCUT2D eigenvalue weighted by Crippen LogP contribution is -2.64. The van der Waals surface area contributed by atoms with Crippen molar-refractivity contribution in [3.63, 3.8) is 0 Å². The number of hydrogen-bond donors (Lipinski definition) is 1. The summed E-state index contributed by atoms with van der Waals surface area (Å²) in [6.07, 6.45) is -1.97. The molecule has 2 aliphatic rings. The van der Waals surface area contributed by atoms with E-state index in [4.69, 9.17) is 10.00 Å². The molecule has 2 aliphatic heterocycles. The number of hydrogen-bond acceptors (Lipinski definition) is 6. The number of nitrogens with one attached hydrogen (secondary N) is 1. The Morgan fingerprint density at radius 1 is 1.17 bits per heavy atom. The highest BCUT2D eigenvalue weighted by molar-refractivity contribution is 5.84. The van der Waals surface area contributed by atoms with Gasteiger partial charge in [-0.15, -0.1) is 0 Å². The minimum atomic E-state index is -4.44. The highest BCUT2D eigenvalue weighted by Gasteiger charge is 2.49. The molecule has 0 saturated carbocycles. The van der Waals surface area contributed by atoms with E-state index in [-0.39, 0.29) is 19.1 Å². The van der Waals surface area contributed by atoms with E-state index >= 15 is 0 Å². The van der Waals surface area contributed by atoms with Crippen molar-refractivity contribution in [1.82, 2.24) is 15.2 Å². The first-order valence-corrected chi connectivity index (χ1v) is 11.2. The zero-order valence-electron chi connectivity index (χ0n) is 18.9. The molecule has 0 aliphatic carbocycles. The molecule has 0 unspecified atom stereocenters. The van der Waals surface area contributed by atoms with E-state index in [1.807, 2.05) is 17.0 Å². The molecule has 0 radical (unpaired) electrons. The monoisotopic (exact) mass is 483 g/mol. The van der Waals surface area contributed by atoms with E-state index in [0.717, 1.165) is 17.8 Å². The van der Waals surface area contributed by atoms with Crippen molar-refractivity contribution in [1.29, 1.82) is 10.5 Å². The van der Waals surface area contributed by atoms with Crippen LogP contribution >= 0.6 is 0 Å². The number of pyridine rings is 1. The average Bonchev–Trinajstić information content (AvgIpc) is 3.24. The summed E-state index contributed by atoms with van der Waals surface area (Å²) in [5.41, 5.74) is -0.579. The van der Waals surface area contributed by atoms with E-state index in [2.05, 4.69) is 22.4 Å². The number of halogens is 3. The zero-order valence-corrected chi connectivity index (χ0v) is 18.9. The first kappa shape index (κ1) is 24.6. The quantitative estimate of drug-likeness (QED) is 0.649. The van der Waals surface area contributed by atoms with Crippen LogP contribution in [0.25, 0.3) is 0 Å². The molecular formula is C25H24F3N5O2. The predicted molar refractivity (Wildman–Crippen MR) is 118 cm³/mol. The van der Waals surface area contributed by atoms with Crippen molar-refractivity contribution in [3.05, 3.63) is 65.0 Å². The van der Waals surface area contributed by atoms with Crippen molar-refractivity contribution >= 4 is 5.91 Å². The van der Waals surface area contributed by atoms with Gasteiger partial charge in [0.15, 0.2) is 5.54 Å². The summed E-state index contributed by atoms with van der Waals surface area (Å²) in [6, 6.07) is 13.8. The molecule has 7 nitrogen and oxygen atoms in total. The molecule has 1 N–H and O–H groups in total. The minimum absolute atomic E-state index is 0.139. The Morgan fingerprint density at radius 3 is 2.46 bits per heavy atom. The molecule has 10 heteroatoms. The van der Waals surface area contributed by atoms with Crippen molar-refractivity contribution < 1.29 is 22.7 Å². The molecule has 0 spiro atoms. The van der Waals surface area contributed by atoms with Crippen LogP contribution in [-0.2, 0) is 28.7 Å². The number of aromatic nitrogens is 1. The lowest BCUT2D eigenvalue weighted by molar-refractivity contribution is -0.139.